The Bertz CT molecular complexity index is 1190. The minimum absolute atomic E-state index is 0.00145. The molecule has 0 amide bonds. The monoisotopic (exact) mass is 507 g/mol. The van der Waals surface area contributed by atoms with E-state index in [9.17, 15) is 14.4 Å². The summed E-state index contributed by atoms with van der Waals surface area (Å²) in [4.78, 5) is 39.6. The molecule has 7 nitrogen and oxygen atoms in total. The molecule has 0 saturated carbocycles. The van der Waals surface area contributed by atoms with Crippen LogP contribution in [0.5, 0.6) is 0 Å². The van der Waals surface area contributed by atoms with E-state index in [0.29, 0.717) is 10.6 Å². The molecular formula is C28H26ClNO6. The normalized spacial score (nSPS) is 20.9. The summed E-state index contributed by atoms with van der Waals surface area (Å²) < 4.78 is 16.2. The summed E-state index contributed by atoms with van der Waals surface area (Å²) in [6, 6.07) is 23.4. The van der Waals surface area contributed by atoms with Gasteiger partial charge < -0.3 is 14.2 Å². The van der Waals surface area contributed by atoms with E-state index in [2.05, 4.69) is 5.32 Å². The van der Waals surface area contributed by atoms with Gasteiger partial charge in [0.15, 0.2) is 0 Å². The highest BCUT2D eigenvalue weighted by molar-refractivity contribution is 6.30. The second-order valence-corrected chi connectivity index (χ2v) is 8.87. The van der Waals surface area contributed by atoms with Crippen LogP contribution in [0.4, 0.5) is 0 Å². The van der Waals surface area contributed by atoms with E-state index in [1.54, 1.807) is 24.3 Å². The molecule has 1 heterocycles. The number of rotatable bonds is 8. The third-order valence-electron chi connectivity index (χ3n) is 6.14. The molecule has 1 N–H and O–H groups in total. The van der Waals surface area contributed by atoms with Crippen LogP contribution in [0.25, 0.3) is 0 Å². The minimum Gasteiger partial charge on any atom is -0.468 e. The molecule has 0 unspecified atom stereocenters. The molecule has 1 saturated heterocycles. The zero-order chi connectivity index (χ0) is 25.5. The summed E-state index contributed by atoms with van der Waals surface area (Å²) in [6.45, 7) is 0.0274. The van der Waals surface area contributed by atoms with Crippen LogP contribution >= 0.6 is 11.6 Å². The van der Waals surface area contributed by atoms with Crippen molar-refractivity contribution in [3.63, 3.8) is 0 Å². The molecule has 4 rings (SSSR count). The molecule has 3 aromatic rings. The topological polar surface area (TPSA) is 90.9 Å². The Hall–Kier alpha value is -3.68. The van der Waals surface area contributed by atoms with Gasteiger partial charge in [-0.3, -0.25) is 19.7 Å². The molecule has 0 spiro atoms. The first kappa shape index (κ1) is 25.4. The zero-order valence-electron chi connectivity index (χ0n) is 19.6. The van der Waals surface area contributed by atoms with E-state index in [-0.39, 0.29) is 13.2 Å². The van der Waals surface area contributed by atoms with Crippen molar-refractivity contribution in [3.05, 3.63) is 107 Å². The Morgan fingerprint density at radius 3 is 1.72 bits per heavy atom. The fourth-order valence-corrected chi connectivity index (χ4v) is 4.47. The lowest BCUT2D eigenvalue weighted by molar-refractivity contribution is -0.164. The Morgan fingerprint density at radius 1 is 0.722 bits per heavy atom. The van der Waals surface area contributed by atoms with E-state index in [1.165, 1.54) is 7.11 Å². The van der Waals surface area contributed by atoms with Gasteiger partial charge in [-0.2, -0.15) is 0 Å². The molecule has 186 valence electrons. The van der Waals surface area contributed by atoms with Gasteiger partial charge in [-0.1, -0.05) is 84.4 Å². The van der Waals surface area contributed by atoms with Gasteiger partial charge in [0, 0.05) is 11.1 Å². The van der Waals surface area contributed by atoms with Crippen LogP contribution < -0.4 is 5.32 Å². The second kappa shape index (κ2) is 11.8. The maximum atomic E-state index is 13.5. The molecule has 1 aliphatic heterocycles. The summed E-state index contributed by atoms with van der Waals surface area (Å²) >= 11 is 6.05. The third-order valence-corrected chi connectivity index (χ3v) is 6.39. The largest absolute Gasteiger partial charge is 0.468 e. The molecule has 1 fully saturated rings. The minimum atomic E-state index is -1.16. The number of methoxy groups -OCH3 is 1. The molecule has 0 aliphatic carbocycles. The molecule has 0 aromatic heterocycles. The summed E-state index contributed by atoms with van der Waals surface area (Å²) in [5.41, 5.74) is 2.25. The Morgan fingerprint density at radius 2 is 1.22 bits per heavy atom. The van der Waals surface area contributed by atoms with Gasteiger partial charge in [0.1, 0.15) is 19.3 Å². The Kier molecular flexibility index (Phi) is 8.36. The molecule has 8 heteroatoms. The average molecular weight is 508 g/mol. The zero-order valence-corrected chi connectivity index (χ0v) is 20.4. The lowest BCUT2D eigenvalue weighted by Gasteiger charge is -2.23. The predicted molar refractivity (Wildman–Crippen MR) is 133 cm³/mol. The number of hydrogen-bond donors (Lipinski definition) is 1. The number of hydrogen-bond acceptors (Lipinski definition) is 7. The van der Waals surface area contributed by atoms with Crippen molar-refractivity contribution < 1.29 is 28.6 Å². The van der Waals surface area contributed by atoms with Crippen molar-refractivity contribution in [1.82, 2.24) is 5.32 Å². The molecule has 4 atom stereocenters. The van der Waals surface area contributed by atoms with Crippen LogP contribution in [-0.4, -0.2) is 31.1 Å². The van der Waals surface area contributed by atoms with Gasteiger partial charge in [-0.25, -0.2) is 0 Å². The van der Waals surface area contributed by atoms with Gasteiger partial charge in [-0.15, -0.1) is 0 Å². The lowest BCUT2D eigenvalue weighted by Crippen LogP contribution is -2.42. The van der Waals surface area contributed by atoms with Crippen molar-refractivity contribution >= 4 is 29.5 Å². The first-order valence-corrected chi connectivity index (χ1v) is 11.9. The number of benzene rings is 3. The van der Waals surface area contributed by atoms with Crippen molar-refractivity contribution in [3.8, 4) is 0 Å². The molecule has 3 aromatic carbocycles. The lowest BCUT2D eigenvalue weighted by atomic mass is 9.84. The maximum Gasteiger partial charge on any atom is 0.323 e. The Labute approximate surface area is 214 Å². The van der Waals surface area contributed by atoms with Crippen LogP contribution in [0, 0.1) is 11.8 Å². The molecule has 0 radical (unpaired) electrons. The van der Waals surface area contributed by atoms with Crippen molar-refractivity contribution in [2.24, 2.45) is 11.8 Å². The number of esters is 3. The highest BCUT2D eigenvalue weighted by Gasteiger charge is 2.55. The first-order chi connectivity index (χ1) is 17.5. The van der Waals surface area contributed by atoms with Gasteiger partial charge >= 0.3 is 17.9 Å². The standard InChI is InChI=1S/C28H26ClNO6/c1-34-28(33)25-23(27(32)36-17-19-10-6-3-7-11-19)22(24(30-25)20-12-14-21(29)15-13-20)26(31)35-16-18-8-4-2-5-9-18/h2-15,22-25,30H,16-17H2,1H3/t22-,23+,24-,25-/m0/s1. The smallest absolute Gasteiger partial charge is 0.323 e. The fraction of sp³-hybridized carbons (Fsp3) is 0.250. The summed E-state index contributed by atoms with van der Waals surface area (Å²) in [7, 11) is 1.23. The summed E-state index contributed by atoms with van der Waals surface area (Å²) in [5.74, 6) is -4.19. The number of carbonyl (C=O) groups excluding carboxylic acids is 3. The third kappa shape index (κ3) is 5.93. The van der Waals surface area contributed by atoms with E-state index in [0.717, 1.165) is 11.1 Å². The van der Waals surface area contributed by atoms with Crippen LogP contribution in [0.1, 0.15) is 22.7 Å². The number of halogens is 1. The number of carbonyl (C=O) groups is 3. The first-order valence-electron chi connectivity index (χ1n) is 11.5. The van der Waals surface area contributed by atoms with Gasteiger partial charge in [0.2, 0.25) is 0 Å². The SMILES string of the molecule is COC(=O)[C@H]1N[C@@H](c2ccc(Cl)cc2)[C@@H](C(=O)OCc2ccccc2)[C@H]1C(=O)OCc1ccccc1. The van der Waals surface area contributed by atoms with Crippen LogP contribution in [-0.2, 0) is 41.8 Å². The van der Waals surface area contributed by atoms with E-state index >= 15 is 0 Å². The van der Waals surface area contributed by atoms with Gasteiger partial charge in [-0.05, 0) is 28.8 Å². The highest BCUT2D eigenvalue weighted by atomic mass is 35.5. The van der Waals surface area contributed by atoms with Crippen LogP contribution in [0.2, 0.25) is 5.02 Å². The fourth-order valence-electron chi connectivity index (χ4n) is 4.35. The molecule has 1 aliphatic rings. The van der Waals surface area contributed by atoms with Gasteiger partial charge in [0.05, 0.1) is 18.9 Å². The molecular weight excluding hydrogens is 482 g/mol. The van der Waals surface area contributed by atoms with E-state index in [1.807, 2.05) is 60.7 Å². The summed E-state index contributed by atoms with van der Waals surface area (Å²) in [6.07, 6.45) is 0. The average Bonchev–Trinajstić information content (AvgIpc) is 3.32. The molecule has 36 heavy (non-hydrogen) atoms. The molecule has 0 bridgehead atoms. The van der Waals surface area contributed by atoms with E-state index < -0.39 is 41.8 Å². The van der Waals surface area contributed by atoms with Gasteiger partial charge in [0.25, 0.3) is 0 Å². The maximum absolute atomic E-state index is 13.5. The number of nitrogens with one attached hydrogen (secondary N) is 1. The Balaban J connectivity index is 1.64. The van der Waals surface area contributed by atoms with Crippen molar-refractivity contribution in [2.75, 3.05) is 7.11 Å². The second-order valence-electron chi connectivity index (χ2n) is 8.43. The van der Waals surface area contributed by atoms with Crippen LogP contribution in [0.3, 0.4) is 0 Å². The number of ether oxygens (including phenoxy) is 3. The quantitative estimate of drug-likeness (QED) is 0.360. The van der Waals surface area contributed by atoms with Crippen molar-refractivity contribution in [1.29, 1.82) is 0 Å². The van der Waals surface area contributed by atoms with E-state index in [4.69, 9.17) is 25.8 Å². The highest BCUT2D eigenvalue weighted by Crippen LogP contribution is 2.40. The van der Waals surface area contributed by atoms with Crippen LogP contribution in [0.15, 0.2) is 84.9 Å². The van der Waals surface area contributed by atoms with Crippen molar-refractivity contribution in [2.45, 2.75) is 25.3 Å². The summed E-state index contributed by atoms with van der Waals surface area (Å²) in [5, 5.41) is 3.63. The predicted octanol–water partition coefficient (Wildman–Crippen LogP) is 4.25.